The summed E-state index contributed by atoms with van der Waals surface area (Å²) >= 11 is 0. The van der Waals surface area contributed by atoms with Gasteiger partial charge in [0.25, 0.3) is 5.56 Å². The number of halogens is 3. The van der Waals surface area contributed by atoms with Crippen molar-refractivity contribution in [3.05, 3.63) is 64.4 Å². The number of carbonyl (C=O) groups is 3. The molecule has 1 saturated heterocycles. The molecule has 1 unspecified atom stereocenters. The Hall–Kier alpha value is -4.39. The maximum atomic E-state index is 13.5. The van der Waals surface area contributed by atoms with Gasteiger partial charge in [-0.1, -0.05) is 24.3 Å². The highest BCUT2D eigenvalue weighted by atomic mass is 19.4. The summed E-state index contributed by atoms with van der Waals surface area (Å²) in [6, 6.07) is 10.8. The maximum absolute atomic E-state index is 13.5. The van der Waals surface area contributed by atoms with Gasteiger partial charge in [0.1, 0.15) is 13.2 Å². The molecule has 0 bridgehead atoms. The average molecular weight is 532 g/mol. The number of nitrogens with zero attached hydrogens (tertiary/aromatic N) is 2. The predicted octanol–water partition coefficient (Wildman–Crippen LogP) is 2.50. The number of hydrogen-bond acceptors (Lipinski definition) is 7. The van der Waals surface area contributed by atoms with Gasteiger partial charge in [0.15, 0.2) is 6.10 Å². The Labute approximate surface area is 213 Å². The zero-order chi connectivity index (χ0) is 27.6. The number of carbonyl (C=O) groups excluding carboxylic acids is 3. The van der Waals surface area contributed by atoms with Crippen LogP contribution in [0.1, 0.15) is 5.56 Å². The third-order valence-corrected chi connectivity index (χ3v) is 5.93. The molecule has 0 radical (unpaired) electrons. The summed E-state index contributed by atoms with van der Waals surface area (Å²) in [5.41, 5.74) is 3.88. The fraction of sp³-hybridized carbons (Fsp3) is 0.280. The van der Waals surface area contributed by atoms with E-state index >= 15 is 0 Å². The summed E-state index contributed by atoms with van der Waals surface area (Å²) in [6.07, 6.45) is -6.13. The molecule has 1 atom stereocenters. The highest BCUT2D eigenvalue weighted by molar-refractivity contribution is 5.95. The minimum absolute atomic E-state index is 0.00412. The molecule has 1 aliphatic heterocycles. The van der Waals surface area contributed by atoms with Crippen LogP contribution in [0.5, 0.6) is 0 Å². The largest absolute Gasteiger partial charge is 0.460 e. The summed E-state index contributed by atoms with van der Waals surface area (Å²) in [6.45, 7) is -0.801. The molecule has 2 heterocycles. The normalized spacial score (nSPS) is 15.4. The zero-order valence-electron chi connectivity index (χ0n) is 20.1. The Kier molecular flexibility index (Phi) is 7.39. The standard InChI is InChI=1S/C25H23F3N4O6/c1-31(21(33)10-29)12-22(34)37-13-16-11-32(24(36)38-16)15-7-6-14-8-20(30-23(35)18(14)9-15)17-4-2-3-5-19(17)25(26,27)28/h2-9,16H,10-13,29H2,1H3,(H,30,35). The Morgan fingerprint density at radius 1 is 1.18 bits per heavy atom. The highest BCUT2D eigenvalue weighted by Crippen LogP contribution is 2.36. The summed E-state index contributed by atoms with van der Waals surface area (Å²) in [5.74, 6) is -1.15. The summed E-state index contributed by atoms with van der Waals surface area (Å²) in [5, 5.41) is 0.532. The third-order valence-electron chi connectivity index (χ3n) is 5.93. The van der Waals surface area contributed by atoms with Gasteiger partial charge in [-0.15, -0.1) is 0 Å². The molecule has 1 aliphatic rings. The number of alkyl halides is 3. The lowest BCUT2D eigenvalue weighted by Gasteiger charge is -2.16. The average Bonchev–Trinajstić information content (AvgIpc) is 3.26. The summed E-state index contributed by atoms with van der Waals surface area (Å²) in [4.78, 5) is 53.5. The molecule has 1 aromatic heterocycles. The number of H-pyrrole nitrogens is 1. The lowest BCUT2D eigenvalue weighted by Crippen LogP contribution is -2.37. The highest BCUT2D eigenvalue weighted by Gasteiger charge is 2.35. The second-order valence-corrected chi connectivity index (χ2v) is 8.58. The van der Waals surface area contributed by atoms with E-state index in [0.717, 1.165) is 11.0 Å². The van der Waals surface area contributed by atoms with Gasteiger partial charge in [-0.2, -0.15) is 13.2 Å². The van der Waals surface area contributed by atoms with Gasteiger partial charge < -0.3 is 25.1 Å². The molecular weight excluding hydrogens is 509 g/mol. The van der Waals surface area contributed by atoms with Crippen LogP contribution in [0.25, 0.3) is 22.0 Å². The van der Waals surface area contributed by atoms with E-state index < -0.39 is 41.4 Å². The van der Waals surface area contributed by atoms with Crippen molar-refractivity contribution in [1.82, 2.24) is 9.88 Å². The lowest BCUT2D eigenvalue weighted by atomic mass is 10.0. The smallest absolute Gasteiger partial charge is 0.417 e. The van der Waals surface area contributed by atoms with Crippen LogP contribution >= 0.6 is 0 Å². The van der Waals surface area contributed by atoms with Crippen LogP contribution in [0, 0.1) is 0 Å². The number of benzene rings is 2. The number of likely N-dealkylation sites (N-methyl/N-ethyl adjacent to an activating group) is 1. The number of amides is 2. The molecule has 2 amide bonds. The second kappa shape index (κ2) is 10.5. The Morgan fingerprint density at radius 2 is 1.92 bits per heavy atom. The maximum Gasteiger partial charge on any atom is 0.417 e. The van der Waals surface area contributed by atoms with Crippen molar-refractivity contribution in [2.45, 2.75) is 12.3 Å². The van der Waals surface area contributed by atoms with E-state index in [9.17, 15) is 32.3 Å². The van der Waals surface area contributed by atoms with Gasteiger partial charge in [-0.3, -0.25) is 19.3 Å². The molecule has 2 aromatic carbocycles. The van der Waals surface area contributed by atoms with E-state index in [1.165, 1.54) is 54.4 Å². The number of pyridine rings is 1. The van der Waals surface area contributed by atoms with E-state index in [-0.39, 0.29) is 42.9 Å². The molecule has 3 aromatic rings. The SMILES string of the molecule is CN(CC(=O)OCC1CN(c2ccc3cc(-c4ccccc4C(F)(F)F)[nH]c(=O)c3c2)C(=O)O1)C(=O)CN. The van der Waals surface area contributed by atoms with Crippen LogP contribution in [0.4, 0.5) is 23.7 Å². The van der Waals surface area contributed by atoms with Crippen molar-refractivity contribution >= 4 is 34.4 Å². The molecule has 1 fully saturated rings. The van der Waals surface area contributed by atoms with Gasteiger partial charge in [0.05, 0.1) is 18.7 Å². The number of nitrogens with one attached hydrogen (secondary N) is 1. The Balaban J connectivity index is 1.50. The van der Waals surface area contributed by atoms with Crippen LogP contribution in [-0.2, 0) is 25.2 Å². The number of ether oxygens (including phenoxy) is 2. The topological polar surface area (TPSA) is 135 Å². The van der Waals surface area contributed by atoms with Crippen molar-refractivity contribution in [1.29, 1.82) is 0 Å². The quantitative estimate of drug-likeness (QED) is 0.447. The lowest BCUT2D eigenvalue weighted by molar-refractivity contribution is -0.150. The van der Waals surface area contributed by atoms with Crippen LogP contribution in [-0.4, -0.2) is 67.2 Å². The minimum atomic E-state index is -4.61. The van der Waals surface area contributed by atoms with Crippen molar-refractivity contribution in [2.75, 3.05) is 38.2 Å². The van der Waals surface area contributed by atoms with E-state index in [0.29, 0.717) is 11.1 Å². The second-order valence-electron chi connectivity index (χ2n) is 8.58. The summed E-state index contributed by atoms with van der Waals surface area (Å²) < 4.78 is 50.7. The van der Waals surface area contributed by atoms with E-state index in [4.69, 9.17) is 15.2 Å². The first-order valence-corrected chi connectivity index (χ1v) is 11.4. The predicted molar refractivity (Wildman–Crippen MR) is 130 cm³/mol. The van der Waals surface area contributed by atoms with Crippen LogP contribution in [0.3, 0.4) is 0 Å². The van der Waals surface area contributed by atoms with Gasteiger partial charge in [-0.05, 0) is 29.7 Å². The first-order valence-electron chi connectivity index (χ1n) is 11.4. The van der Waals surface area contributed by atoms with Crippen LogP contribution < -0.4 is 16.2 Å². The number of anilines is 1. The molecule has 10 nitrogen and oxygen atoms in total. The van der Waals surface area contributed by atoms with Crippen LogP contribution in [0.2, 0.25) is 0 Å². The number of cyclic esters (lactones) is 1. The molecule has 38 heavy (non-hydrogen) atoms. The number of nitrogens with two attached hydrogens (primary N) is 1. The molecule has 200 valence electrons. The van der Waals surface area contributed by atoms with Gasteiger partial charge in [0.2, 0.25) is 5.91 Å². The number of hydrogen-bond donors (Lipinski definition) is 2. The molecular formula is C25H23F3N4O6. The van der Waals surface area contributed by atoms with Crippen molar-refractivity contribution in [3.63, 3.8) is 0 Å². The molecule has 0 saturated carbocycles. The van der Waals surface area contributed by atoms with E-state index in [1.54, 1.807) is 0 Å². The fourth-order valence-electron chi connectivity index (χ4n) is 4.01. The molecule has 0 aliphatic carbocycles. The number of aromatic amines is 1. The van der Waals surface area contributed by atoms with Crippen molar-refractivity contribution in [2.24, 2.45) is 5.73 Å². The number of fused-ring (bicyclic) bond motifs is 1. The van der Waals surface area contributed by atoms with Gasteiger partial charge >= 0.3 is 18.2 Å². The summed E-state index contributed by atoms with van der Waals surface area (Å²) in [7, 11) is 1.40. The van der Waals surface area contributed by atoms with Gasteiger partial charge in [0, 0.05) is 29.4 Å². The van der Waals surface area contributed by atoms with E-state index in [2.05, 4.69) is 4.98 Å². The van der Waals surface area contributed by atoms with Crippen LogP contribution in [0.15, 0.2) is 53.3 Å². The molecule has 4 rings (SSSR count). The number of esters is 1. The monoisotopic (exact) mass is 532 g/mol. The minimum Gasteiger partial charge on any atom is -0.460 e. The Morgan fingerprint density at radius 3 is 2.63 bits per heavy atom. The van der Waals surface area contributed by atoms with E-state index in [1.807, 2.05) is 0 Å². The molecule has 0 spiro atoms. The molecule has 13 heteroatoms. The third kappa shape index (κ3) is 5.62. The zero-order valence-corrected chi connectivity index (χ0v) is 20.1. The Bertz CT molecular complexity index is 1460. The first-order chi connectivity index (χ1) is 18.0. The number of rotatable bonds is 7. The van der Waals surface area contributed by atoms with Crippen molar-refractivity contribution in [3.8, 4) is 11.3 Å². The fourth-order valence-corrected chi connectivity index (χ4v) is 4.01. The first kappa shape index (κ1) is 26.7. The molecule has 3 N–H and O–H groups in total. The number of aromatic nitrogens is 1. The van der Waals surface area contributed by atoms with Gasteiger partial charge in [-0.25, -0.2) is 4.79 Å². The van der Waals surface area contributed by atoms with Crippen molar-refractivity contribution < 1.29 is 37.0 Å².